The molecule has 0 saturated heterocycles. The van der Waals surface area contributed by atoms with E-state index < -0.39 is 18.3 Å². The number of rotatable bonds is 5. The van der Waals surface area contributed by atoms with Crippen LogP contribution in [0.4, 0.5) is 4.39 Å². The van der Waals surface area contributed by atoms with Crippen LogP contribution in [0.15, 0.2) is 30.5 Å². The van der Waals surface area contributed by atoms with Crippen LogP contribution < -0.4 is 4.74 Å². The Labute approximate surface area is 125 Å². The van der Waals surface area contributed by atoms with Gasteiger partial charge in [0.15, 0.2) is 11.4 Å². The van der Waals surface area contributed by atoms with Gasteiger partial charge in [-0.1, -0.05) is 0 Å². The third-order valence-corrected chi connectivity index (χ3v) is 2.99. The van der Waals surface area contributed by atoms with Gasteiger partial charge in [0.1, 0.15) is 18.2 Å². The predicted molar refractivity (Wildman–Crippen MR) is 73.9 cm³/mol. The number of pyridine rings is 1. The first kappa shape index (κ1) is 15.7. The van der Waals surface area contributed by atoms with Crippen LogP contribution in [-0.2, 0) is 18.0 Å². The Bertz CT molecular complexity index is 672. The van der Waals surface area contributed by atoms with E-state index in [1.807, 2.05) is 0 Å². The molecule has 0 aliphatic carbocycles. The quantitative estimate of drug-likeness (QED) is 0.819. The van der Waals surface area contributed by atoms with Gasteiger partial charge in [0, 0.05) is 17.3 Å². The van der Waals surface area contributed by atoms with E-state index in [9.17, 15) is 19.4 Å². The molecule has 2 aromatic rings. The highest BCUT2D eigenvalue weighted by Gasteiger charge is 2.19. The number of benzene rings is 1. The number of nitrogens with zero attached hydrogens (tertiary/aromatic N) is 1. The molecule has 7 heteroatoms. The molecule has 116 valence electrons. The fourth-order valence-corrected chi connectivity index (χ4v) is 1.82. The molecule has 1 aromatic carbocycles. The minimum Gasteiger partial charge on any atom is -0.505 e. The Morgan fingerprint density at radius 1 is 1.32 bits per heavy atom. The van der Waals surface area contributed by atoms with Crippen molar-refractivity contribution in [2.45, 2.75) is 13.2 Å². The molecule has 2 rings (SSSR count). The summed E-state index contributed by atoms with van der Waals surface area (Å²) in [4.78, 5) is 15.2. The highest BCUT2D eigenvalue weighted by molar-refractivity contribution is 5.90. The largest absolute Gasteiger partial charge is 0.505 e. The van der Waals surface area contributed by atoms with Gasteiger partial charge in [-0.15, -0.1) is 0 Å². The number of ether oxygens (including phenoxy) is 2. The number of hydrogen-bond acceptors (Lipinski definition) is 6. The number of aromatic nitrogens is 1. The number of hydrogen-bond donors (Lipinski definition) is 2. The summed E-state index contributed by atoms with van der Waals surface area (Å²) in [6, 6.07) is 5.39. The molecule has 6 nitrogen and oxygen atoms in total. The summed E-state index contributed by atoms with van der Waals surface area (Å²) in [5.41, 5.74) is 0.242. The Hall–Kier alpha value is -2.67. The van der Waals surface area contributed by atoms with E-state index in [2.05, 4.69) is 9.72 Å². The second-order valence-corrected chi connectivity index (χ2v) is 4.35. The first-order chi connectivity index (χ1) is 10.6. The number of aliphatic hydroxyl groups excluding tert-OH is 1. The Balaban J connectivity index is 2.22. The number of esters is 1. The van der Waals surface area contributed by atoms with Crippen LogP contribution >= 0.6 is 0 Å². The monoisotopic (exact) mass is 307 g/mol. The molecule has 0 atom stereocenters. The maximum atomic E-state index is 12.8. The maximum absolute atomic E-state index is 12.8. The van der Waals surface area contributed by atoms with Crippen LogP contribution in [0.5, 0.6) is 11.5 Å². The molecule has 0 bridgehead atoms. The second kappa shape index (κ2) is 6.86. The van der Waals surface area contributed by atoms with Gasteiger partial charge in [0.25, 0.3) is 0 Å². The van der Waals surface area contributed by atoms with Crippen molar-refractivity contribution in [3.05, 3.63) is 53.1 Å². The zero-order valence-electron chi connectivity index (χ0n) is 11.7. The fourth-order valence-electron chi connectivity index (χ4n) is 1.82. The Morgan fingerprint density at radius 3 is 2.59 bits per heavy atom. The van der Waals surface area contributed by atoms with Gasteiger partial charge >= 0.3 is 5.97 Å². The van der Waals surface area contributed by atoms with Gasteiger partial charge in [-0.2, -0.15) is 0 Å². The summed E-state index contributed by atoms with van der Waals surface area (Å²) in [6.45, 7) is -0.510. The number of methoxy groups -OCH3 is 1. The third kappa shape index (κ3) is 3.32. The van der Waals surface area contributed by atoms with Crippen LogP contribution in [0.1, 0.15) is 21.6 Å². The van der Waals surface area contributed by atoms with Crippen molar-refractivity contribution in [1.29, 1.82) is 0 Å². The molecule has 2 N–H and O–H groups in total. The van der Waals surface area contributed by atoms with Crippen molar-refractivity contribution in [1.82, 2.24) is 4.98 Å². The number of aromatic hydroxyl groups is 1. The van der Waals surface area contributed by atoms with Gasteiger partial charge < -0.3 is 19.7 Å². The van der Waals surface area contributed by atoms with E-state index >= 15 is 0 Å². The van der Waals surface area contributed by atoms with E-state index in [1.54, 1.807) is 0 Å². The Kier molecular flexibility index (Phi) is 4.90. The summed E-state index contributed by atoms with van der Waals surface area (Å²) in [6.07, 6.45) is 1.31. The molecule has 0 radical (unpaired) electrons. The second-order valence-electron chi connectivity index (χ2n) is 4.35. The zero-order chi connectivity index (χ0) is 16.1. The van der Waals surface area contributed by atoms with Crippen molar-refractivity contribution in [2.24, 2.45) is 0 Å². The standard InChI is InChI=1S/C15H14FNO5/c1-21-15(20)13-14(19)12(7-18)9(6-17-13)8-22-11-4-2-10(16)3-5-11/h2-6,18-19H,7-8H2,1H3. The zero-order valence-corrected chi connectivity index (χ0v) is 11.7. The smallest absolute Gasteiger partial charge is 0.360 e. The average molecular weight is 307 g/mol. The van der Waals surface area contributed by atoms with Crippen molar-refractivity contribution in [3.8, 4) is 11.5 Å². The predicted octanol–water partition coefficient (Wildman–Crippen LogP) is 1.78. The summed E-state index contributed by atoms with van der Waals surface area (Å²) >= 11 is 0. The molecule has 0 fully saturated rings. The van der Waals surface area contributed by atoms with Crippen LogP contribution in [0.25, 0.3) is 0 Å². The summed E-state index contributed by atoms with van der Waals surface area (Å²) in [5, 5.41) is 19.3. The summed E-state index contributed by atoms with van der Waals surface area (Å²) < 4.78 is 22.7. The van der Waals surface area contributed by atoms with Gasteiger partial charge in [-0.3, -0.25) is 0 Å². The van der Waals surface area contributed by atoms with Crippen molar-refractivity contribution in [2.75, 3.05) is 7.11 Å². The molecule has 0 spiro atoms. The topological polar surface area (TPSA) is 88.9 Å². The van der Waals surface area contributed by atoms with E-state index in [1.165, 1.54) is 30.5 Å². The minimum absolute atomic E-state index is 0.0104. The maximum Gasteiger partial charge on any atom is 0.360 e. The van der Waals surface area contributed by atoms with E-state index in [0.717, 1.165) is 7.11 Å². The van der Waals surface area contributed by atoms with Crippen molar-refractivity contribution >= 4 is 5.97 Å². The molecule has 1 heterocycles. The van der Waals surface area contributed by atoms with Gasteiger partial charge in [0.05, 0.1) is 13.7 Å². The molecular formula is C15H14FNO5. The molecule has 0 unspecified atom stereocenters. The fraction of sp³-hybridized carbons (Fsp3) is 0.200. The van der Waals surface area contributed by atoms with Gasteiger partial charge in [-0.05, 0) is 24.3 Å². The molecular weight excluding hydrogens is 293 g/mol. The lowest BCUT2D eigenvalue weighted by molar-refractivity contribution is 0.0589. The van der Waals surface area contributed by atoms with E-state index in [-0.39, 0.29) is 23.7 Å². The lowest BCUT2D eigenvalue weighted by Gasteiger charge is -2.12. The number of aliphatic hydroxyl groups is 1. The van der Waals surface area contributed by atoms with Crippen LogP contribution in [0.2, 0.25) is 0 Å². The molecule has 0 aliphatic rings. The van der Waals surface area contributed by atoms with E-state index in [0.29, 0.717) is 11.3 Å². The number of carbonyl (C=O) groups excluding carboxylic acids is 1. The first-order valence-electron chi connectivity index (χ1n) is 6.34. The molecule has 0 saturated carbocycles. The minimum atomic E-state index is -0.807. The molecule has 0 aliphatic heterocycles. The number of carbonyl (C=O) groups is 1. The van der Waals surface area contributed by atoms with Crippen LogP contribution in [0.3, 0.4) is 0 Å². The summed E-state index contributed by atoms with van der Waals surface area (Å²) in [5.74, 6) is -1.22. The summed E-state index contributed by atoms with van der Waals surface area (Å²) in [7, 11) is 1.16. The average Bonchev–Trinajstić information content (AvgIpc) is 2.53. The van der Waals surface area contributed by atoms with Gasteiger partial charge in [-0.25, -0.2) is 14.2 Å². The Morgan fingerprint density at radius 2 is 2.00 bits per heavy atom. The van der Waals surface area contributed by atoms with Crippen molar-refractivity contribution < 1.29 is 28.9 Å². The first-order valence-corrected chi connectivity index (χ1v) is 6.34. The highest BCUT2D eigenvalue weighted by Crippen LogP contribution is 2.26. The SMILES string of the molecule is COC(=O)c1ncc(COc2ccc(F)cc2)c(CO)c1O. The third-order valence-electron chi connectivity index (χ3n) is 2.99. The van der Waals surface area contributed by atoms with Crippen LogP contribution in [-0.4, -0.2) is 28.3 Å². The number of halogens is 1. The highest BCUT2D eigenvalue weighted by atomic mass is 19.1. The van der Waals surface area contributed by atoms with Crippen molar-refractivity contribution in [3.63, 3.8) is 0 Å². The molecule has 0 amide bonds. The van der Waals surface area contributed by atoms with Crippen LogP contribution in [0, 0.1) is 5.82 Å². The molecule has 1 aromatic heterocycles. The lowest BCUT2D eigenvalue weighted by atomic mass is 10.1. The normalized spacial score (nSPS) is 10.3. The lowest BCUT2D eigenvalue weighted by Crippen LogP contribution is -2.09. The molecule has 22 heavy (non-hydrogen) atoms. The van der Waals surface area contributed by atoms with E-state index in [4.69, 9.17) is 4.74 Å². The van der Waals surface area contributed by atoms with Gasteiger partial charge in [0.2, 0.25) is 0 Å².